The van der Waals surface area contributed by atoms with Crippen molar-refractivity contribution < 1.29 is 9.53 Å². The van der Waals surface area contributed by atoms with Crippen LogP contribution in [0.2, 0.25) is 0 Å². The molecular weight excluding hydrogens is 529 g/mol. The van der Waals surface area contributed by atoms with E-state index in [1.54, 1.807) is 0 Å². The van der Waals surface area contributed by atoms with Gasteiger partial charge in [-0.25, -0.2) is 4.99 Å². The van der Waals surface area contributed by atoms with E-state index in [4.69, 9.17) is 9.73 Å². The van der Waals surface area contributed by atoms with E-state index in [2.05, 4.69) is 41.6 Å². The normalized spacial score (nSPS) is 19.6. The number of guanidine groups is 1. The number of nitrogens with zero attached hydrogens (tertiary/aromatic N) is 2. The van der Waals surface area contributed by atoms with Gasteiger partial charge in [0, 0.05) is 37.3 Å². The molecule has 1 amide bonds. The molecule has 0 bridgehead atoms. The van der Waals surface area contributed by atoms with Gasteiger partial charge in [-0.15, -0.1) is 24.0 Å². The fraction of sp³-hybridized carbons (Fsp3) is 0.680. The zero-order valence-corrected chi connectivity index (χ0v) is 22.8. The van der Waals surface area contributed by atoms with Crippen molar-refractivity contribution in [3.05, 3.63) is 35.4 Å². The Hall–Kier alpha value is -1.39. The van der Waals surface area contributed by atoms with E-state index in [1.807, 2.05) is 24.3 Å². The van der Waals surface area contributed by atoms with Crippen molar-refractivity contribution in [1.29, 1.82) is 0 Å². The number of amides is 1. The molecule has 8 heteroatoms. The lowest BCUT2D eigenvalue weighted by Gasteiger charge is -2.41. The number of carbonyl (C=O) groups excluding carboxylic acids is 1. The first-order chi connectivity index (χ1) is 15.5. The molecule has 1 aromatic rings. The Bertz CT molecular complexity index is 759. The largest absolute Gasteiger partial charge is 0.376 e. The van der Waals surface area contributed by atoms with Crippen molar-refractivity contribution in [2.24, 2.45) is 4.99 Å². The van der Waals surface area contributed by atoms with Gasteiger partial charge in [0.25, 0.3) is 5.91 Å². The van der Waals surface area contributed by atoms with E-state index >= 15 is 0 Å². The van der Waals surface area contributed by atoms with Crippen LogP contribution in [0.15, 0.2) is 29.3 Å². The zero-order valence-electron chi connectivity index (χ0n) is 20.5. The third kappa shape index (κ3) is 9.05. The molecule has 0 spiro atoms. The summed E-state index contributed by atoms with van der Waals surface area (Å²) in [6.07, 6.45) is 6.16. The Morgan fingerprint density at radius 1 is 1.15 bits per heavy atom. The number of hydrogen-bond acceptors (Lipinski definition) is 4. The summed E-state index contributed by atoms with van der Waals surface area (Å²) in [5, 5.41) is 9.86. The van der Waals surface area contributed by atoms with Crippen LogP contribution in [0.4, 0.5) is 0 Å². The molecule has 2 saturated heterocycles. The molecule has 7 nitrogen and oxygen atoms in total. The van der Waals surface area contributed by atoms with Gasteiger partial charge < -0.3 is 20.7 Å². The van der Waals surface area contributed by atoms with Crippen molar-refractivity contribution in [2.75, 3.05) is 39.3 Å². The molecule has 0 aromatic heterocycles. The maximum absolute atomic E-state index is 12.5. The minimum atomic E-state index is -0.0559. The number of aliphatic imine (C=N–C) groups is 1. The molecule has 2 aliphatic heterocycles. The van der Waals surface area contributed by atoms with Crippen molar-refractivity contribution in [3.63, 3.8) is 0 Å². The maximum Gasteiger partial charge on any atom is 0.251 e. The molecule has 0 aliphatic carbocycles. The van der Waals surface area contributed by atoms with Crippen molar-refractivity contribution in [3.8, 4) is 0 Å². The third-order valence-corrected chi connectivity index (χ3v) is 6.37. The van der Waals surface area contributed by atoms with Crippen LogP contribution in [-0.4, -0.2) is 67.7 Å². The molecule has 3 rings (SSSR count). The molecule has 186 valence electrons. The number of ether oxygens (including phenoxy) is 1. The van der Waals surface area contributed by atoms with Gasteiger partial charge in [0.1, 0.15) is 0 Å². The number of halogens is 1. The molecular formula is C25H42IN5O2. The van der Waals surface area contributed by atoms with Gasteiger partial charge in [-0.05, 0) is 77.2 Å². The first kappa shape index (κ1) is 27.9. The predicted octanol–water partition coefficient (Wildman–Crippen LogP) is 3.53. The smallest absolute Gasteiger partial charge is 0.251 e. The first-order valence-corrected chi connectivity index (χ1v) is 12.2. The van der Waals surface area contributed by atoms with Crippen LogP contribution in [0.25, 0.3) is 0 Å². The molecule has 1 unspecified atom stereocenters. The number of piperidine rings is 1. The highest BCUT2D eigenvalue weighted by atomic mass is 127. The molecule has 1 aromatic carbocycles. The standard InChI is InChI=1S/C25H41N5O2.HI/c1-4-26-24(29-19-25(2,3)30-13-6-5-7-14-30)28-17-20-10-8-11-21(16-20)23(31)27-18-22-12-9-15-32-22;/h8,10-11,16,22H,4-7,9,12-15,17-19H2,1-3H3,(H,27,31)(H2,26,28,29);1H. The second kappa shape index (κ2) is 14.1. The number of carbonyl (C=O) groups is 1. The van der Waals surface area contributed by atoms with Gasteiger partial charge in [0.2, 0.25) is 0 Å². The van der Waals surface area contributed by atoms with Crippen molar-refractivity contribution >= 4 is 35.8 Å². The van der Waals surface area contributed by atoms with Crippen molar-refractivity contribution in [2.45, 2.75) is 71.1 Å². The molecule has 2 aliphatic rings. The topological polar surface area (TPSA) is 78.0 Å². The van der Waals surface area contributed by atoms with Crippen LogP contribution in [0, 0.1) is 0 Å². The lowest BCUT2D eigenvalue weighted by Crippen LogP contribution is -2.54. The van der Waals surface area contributed by atoms with Crippen LogP contribution in [0.5, 0.6) is 0 Å². The van der Waals surface area contributed by atoms with E-state index < -0.39 is 0 Å². The average molecular weight is 572 g/mol. The number of nitrogens with one attached hydrogen (secondary N) is 3. The fourth-order valence-electron chi connectivity index (χ4n) is 4.35. The Kier molecular flexibility index (Phi) is 11.9. The monoisotopic (exact) mass is 571 g/mol. The van der Waals surface area contributed by atoms with Crippen LogP contribution in [-0.2, 0) is 11.3 Å². The second-order valence-electron chi connectivity index (χ2n) is 9.45. The Morgan fingerprint density at radius 3 is 2.64 bits per heavy atom. The number of benzene rings is 1. The maximum atomic E-state index is 12.5. The first-order valence-electron chi connectivity index (χ1n) is 12.2. The van der Waals surface area contributed by atoms with E-state index in [-0.39, 0.29) is 41.5 Å². The zero-order chi connectivity index (χ0) is 22.8. The summed E-state index contributed by atoms with van der Waals surface area (Å²) in [6, 6.07) is 7.71. The lowest BCUT2D eigenvalue weighted by molar-refractivity contribution is 0.0857. The molecule has 0 saturated carbocycles. The summed E-state index contributed by atoms with van der Waals surface area (Å²) in [5.74, 6) is 0.755. The van der Waals surface area contributed by atoms with E-state index in [0.29, 0.717) is 18.7 Å². The van der Waals surface area contributed by atoms with Gasteiger partial charge in [-0.2, -0.15) is 0 Å². The number of likely N-dealkylation sites (tertiary alicyclic amines) is 1. The highest BCUT2D eigenvalue weighted by molar-refractivity contribution is 14.0. The Balaban J connectivity index is 0.00000385. The quantitative estimate of drug-likeness (QED) is 0.240. The van der Waals surface area contributed by atoms with Crippen LogP contribution < -0.4 is 16.0 Å². The fourth-order valence-corrected chi connectivity index (χ4v) is 4.35. The van der Waals surface area contributed by atoms with Crippen LogP contribution >= 0.6 is 24.0 Å². The summed E-state index contributed by atoms with van der Waals surface area (Å²) in [4.78, 5) is 19.9. The average Bonchev–Trinajstić information content (AvgIpc) is 3.34. The second-order valence-corrected chi connectivity index (χ2v) is 9.45. The van der Waals surface area contributed by atoms with Crippen molar-refractivity contribution in [1.82, 2.24) is 20.9 Å². The number of hydrogen-bond donors (Lipinski definition) is 3. The summed E-state index contributed by atoms with van der Waals surface area (Å²) in [6.45, 7) is 12.5. The number of rotatable bonds is 9. The van der Waals surface area contributed by atoms with Gasteiger partial charge in [0.15, 0.2) is 5.96 Å². The molecule has 2 fully saturated rings. The minimum absolute atomic E-state index is 0. The van der Waals surface area contributed by atoms with Gasteiger partial charge in [-0.3, -0.25) is 9.69 Å². The van der Waals surface area contributed by atoms with E-state index in [0.717, 1.165) is 44.1 Å². The summed E-state index contributed by atoms with van der Waals surface area (Å²) in [5.41, 5.74) is 1.76. The molecule has 0 radical (unpaired) electrons. The Labute approximate surface area is 216 Å². The molecule has 2 heterocycles. The third-order valence-electron chi connectivity index (χ3n) is 6.37. The molecule has 33 heavy (non-hydrogen) atoms. The Morgan fingerprint density at radius 2 is 1.94 bits per heavy atom. The van der Waals surface area contributed by atoms with Crippen LogP contribution in [0.3, 0.4) is 0 Å². The SMILES string of the molecule is CCNC(=NCc1cccc(C(=O)NCC2CCCO2)c1)NCC(C)(C)N1CCCCC1.I. The molecule has 3 N–H and O–H groups in total. The summed E-state index contributed by atoms with van der Waals surface area (Å²) < 4.78 is 5.59. The summed E-state index contributed by atoms with van der Waals surface area (Å²) in [7, 11) is 0. The van der Waals surface area contributed by atoms with E-state index in [1.165, 1.54) is 32.4 Å². The van der Waals surface area contributed by atoms with Gasteiger partial charge in [-0.1, -0.05) is 18.6 Å². The van der Waals surface area contributed by atoms with Gasteiger partial charge in [0.05, 0.1) is 12.6 Å². The predicted molar refractivity (Wildman–Crippen MR) is 145 cm³/mol. The summed E-state index contributed by atoms with van der Waals surface area (Å²) >= 11 is 0. The molecule has 1 atom stereocenters. The highest BCUT2D eigenvalue weighted by Gasteiger charge is 2.27. The lowest BCUT2D eigenvalue weighted by atomic mass is 9.98. The minimum Gasteiger partial charge on any atom is -0.376 e. The van der Waals surface area contributed by atoms with Gasteiger partial charge >= 0.3 is 0 Å². The van der Waals surface area contributed by atoms with Crippen LogP contribution in [0.1, 0.15) is 68.8 Å². The highest BCUT2D eigenvalue weighted by Crippen LogP contribution is 2.19. The van der Waals surface area contributed by atoms with E-state index in [9.17, 15) is 4.79 Å².